The van der Waals surface area contributed by atoms with Crippen LogP contribution in [0.15, 0.2) is 36.4 Å². The molecule has 1 rings (SSSR count). The Balaban J connectivity index is 0.000000202. The summed E-state index contributed by atoms with van der Waals surface area (Å²) < 4.78 is 0. The Kier molecular flexibility index (Phi) is 9.41. The fourth-order valence-electron chi connectivity index (χ4n) is 0.641. The van der Waals surface area contributed by atoms with Gasteiger partial charge < -0.3 is 10.4 Å². The molecular formula is C10H17NO. The summed E-state index contributed by atoms with van der Waals surface area (Å²) in [6.45, 7) is 3.92. The second-order valence-electron chi connectivity index (χ2n) is 2.23. The van der Waals surface area contributed by atoms with Crippen LogP contribution in [-0.2, 0) is 0 Å². The average Bonchev–Trinajstić information content (AvgIpc) is 2.18. The predicted molar refractivity (Wildman–Crippen MR) is 52.1 cm³/mol. The Bertz CT molecular complexity index is 122. The van der Waals surface area contributed by atoms with Crippen LogP contribution in [0.3, 0.4) is 0 Å². The van der Waals surface area contributed by atoms with Gasteiger partial charge in [0.15, 0.2) is 0 Å². The smallest absolute Gasteiger partial charge is 0.0555 e. The summed E-state index contributed by atoms with van der Waals surface area (Å²) in [5, 5.41) is 11.1. The fraction of sp³-hybridized carbons (Fsp3) is 0.400. The van der Waals surface area contributed by atoms with Crippen LogP contribution in [0.4, 0.5) is 0 Å². The van der Waals surface area contributed by atoms with Gasteiger partial charge in [0.2, 0.25) is 0 Å². The van der Waals surface area contributed by atoms with E-state index in [1.807, 2.05) is 43.3 Å². The van der Waals surface area contributed by atoms with Crippen LogP contribution >= 0.6 is 0 Å². The highest BCUT2D eigenvalue weighted by molar-refractivity contribution is 4.99. The number of aliphatic hydroxyl groups excluding tert-OH is 1. The first-order chi connectivity index (χ1) is 5.91. The molecule has 0 aliphatic carbocycles. The number of rotatable bonds is 3. The van der Waals surface area contributed by atoms with Gasteiger partial charge in [-0.2, -0.15) is 0 Å². The Morgan fingerprint density at radius 2 is 1.42 bits per heavy atom. The maximum Gasteiger partial charge on any atom is 0.0555 e. The summed E-state index contributed by atoms with van der Waals surface area (Å²) in [6.07, 6.45) is 0. The van der Waals surface area contributed by atoms with E-state index in [0.29, 0.717) is 0 Å². The molecule has 0 radical (unpaired) electrons. The second kappa shape index (κ2) is 10.1. The van der Waals surface area contributed by atoms with Gasteiger partial charge >= 0.3 is 0 Å². The molecule has 68 valence electrons. The molecule has 0 unspecified atom stereocenters. The molecular weight excluding hydrogens is 150 g/mol. The van der Waals surface area contributed by atoms with Gasteiger partial charge in [0.1, 0.15) is 0 Å². The largest absolute Gasteiger partial charge is 0.395 e. The lowest BCUT2D eigenvalue weighted by atomic mass is 10.4. The van der Waals surface area contributed by atoms with Gasteiger partial charge in [0, 0.05) is 6.54 Å². The van der Waals surface area contributed by atoms with E-state index in [1.54, 1.807) is 0 Å². The van der Waals surface area contributed by atoms with E-state index in [0.717, 1.165) is 13.1 Å². The van der Waals surface area contributed by atoms with Gasteiger partial charge in [-0.25, -0.2) is 0 Å². The van der Waals surface area contributed by atoms with E-state index in [-0.39, 0.29) is 6.61 Å². The van der Waals surface area contributed by atoms with Crippen LogP contribution in [0, 0.1) is 0 Å². The molecule has 1 aromatic rings. The highest BCUT2D eigenvalue weighted by atomic mass is 16.3. The van der Waals surface area contributed by atoms with E-state index < -0.39 is 0 Å². The number of benzene rings is 1. The molecule has 2 nitrogen and oxygen atoms in total. The summed E-state index contributed by atoms with van der Waals surface area (Å²) >= 11 is 0. The first kappa shape index (κ1) is 11.1. The molecule has 0 saturated carbocycles. The van der Waals surface area contributed by atoms with E-state index >= 15 is 0 Å². The Morgan fingerprint density at radius 3 is 1.58 bits per heavy atom. The van der Waals surface area contributed by atoms with Gasteiger partial charge in [-0.3, -0.25) is 0 Å². The maximum absolute atomic E-state index is 8.13. The molecule has 0 atom stereocenters. The van der Waals surface area contributed by atoms with Crippen molar-refractivity contribution >= 4 is 0 Å². The van der Waals surface area contributed by atoms with Crippen LogP contribution in [0.2, 0.25) is 0 Å². The first-order valence-electron chi connectivity index (χ1n) is 4.23. The second-order valence-corrected chi connectivity index (χ2v) is 2.23. The number of likely N-dealkylation sites (N-methyl/N-ethyl adjacent to an activating group) is 1. The van der Waals surface area contributed by atoms with Gasteiger partial charge in [-0.05, 0) is 6.54 Å². The molecule has 1 aromatic carbocycles. The lowest BCUT2D eigenvalue weighted by molar-refractivity contribution is 0.293. The van der Waals surface area contributed by atoms with Crippen molar-refractivity contribution in [1.82, 2.24) is 5.32 Å². The molecule has 0 saturated heterocycles. The summed E-state index contributed by atoms with van der Waals surface area (Å²) in [6, 6.07) is 12.0. The predicted octanol–water partition coefficient (Wildman–Crippen LogP) is 1.27. The van der Waals surface area contributed by atoms with Crippen molar-refractivity contribution in [2.75, 3.05) is 19.7 Å². The molecule has 0 amide bonds. The Hall–Kier alpha value is -0.860. The van der Waals surface area contributed by atoms with Crippen LogP contribution in [0.25, 0.3) is 0 Å². The monoisotopic (exact) mass is 167 g/mol. The number of hydrogen-bond acceptors (Lipinski definition) is 2. The van der Waals surface area contributed by atoms with Crippen molar-refractivity contribution in [2.24, 2.45) is 0 Å². The normalized spacial score (nSPS) is 8.50. The van der Waals surface area contributed by atoms with Crippen LogP contribution in [-0.4, -0.2) is 24.8 Å². The quantitative estimate of drug-likeness (QED) is 0.665. The molecule has 0 aliphatic heterocycles. The first-order valence-corrected chi connectivity index (χ1v) is 4.23. The lowest BCUT2D eigenvalue weighted by Gasteiger charge is -1.91. The Labute approximate surface area is 74.2 Å². The van der Waals surface area contributed by atoms with Gasteiger partial charge in [0.05, 0.1) is 6.61 Å². The molecule has 2 N–H and O–H groups in total. The SMILES string of the molecule is CCNCCO.c1ccccc1. The third-order valence-corrected chi connectivity index (χ3v) is 1.21. The van der Waals surface area contributed by atoms with E-state index in [1.165, 1.54) is 0 Å². The van der Waals surface area contributed by atoms with Crippen molar-refractivity contribution < 1.29 is 5.11 Å². The van der Waals surface area contributed by atoms with Crippen LogP contribution < -0.4 is 5.32 Å². The minimum atomic E-state index is 0.244. The average molecular weight is 167 g/mol. The maximum atomic E-state index is 8.13. The zero-order chi connectivity index (χ0) is 9.07. The summed E-state index contributed by atoms with van der Waals surface area (Å²) in [4.78, 5) is 0. The van der Waals surface area contributed by atoms with Crippen molar-refractivity contribution in [3.05, 3.63) is 36.4 Å². The lowest BCUT2D eigenvalue weighted by Crippen LogP contribution is -2.16. The summed E-state index contributed by atoms with van der Waals surface area (Å²) in [5.41, 5.74) is 0. The summed E-state index contributed by atoms with van der Waals surface area (Å²) in [5.74, 6) is 0. The van der Waals surface area contributed by atoms with Crippen molar-refractivity contribution in [3.8, 4) is 0 Å². The third-order valence-electron chi connectivity index (χ3n) is 1.21. The highest BCUT2D eigenvalue weighted by Gasteiger charge is 1.72. The van der Waals surface area contributed by atoms with E-state index in [4.69, 9.17) is 5.11 Å². The third kappa shape index (κ3) is 9.14. The molecule has 0 bridgehead atoms. The molecule has 0 fully saturated rings. The molecule has 12 heavy (non-hydrogen) atoms. The van der Waals surface area contributed by atoms with Gasteiger partial charge in [0.25, 0.3) is 0 Å². The van der Waals surface area contributed by atoms with Gasteiger partial charge in [-0.15, -0.1) is 0 Å². The number of aliphatic hydroxyl groups is 1. The highest BCUT2D eigenvalue weighted by Crippen LogP contribution is 1.79. The topological polar surface area (TPSA) is 32.3 Å². The van der Waals surface area contributed by atoms with Crippen molar-refractivity contribution in [1.29, 1.82) is 0 Å². The number of hydrogen-bond donors (Lipinski definition) is 2. The zero-order valence-corrected chi connectivity index (χ0v) is 7.53. The van der Waals surface area contributed by atoms with E-state index in [2.05, 4.69) is 5.32 Å². The van der Waals surface area contributed by atoms with Gasteiger partial charge in [-0.1, -0.05) is 43.3 Å². The fourth-order valence-corrected chi connectivity index (χ4v) is 0.641. The minimum absolute atomic E-state index is 0.244. The summed E-state index contributed by atoms with van der Waals surface area (Å²) in [7, 11) is 0. The minimum Gasteiger partial charge on any atom is -0.395 e. The zero-order valence-electron chi connectivity index (χ0n) is 7.53. The standard InChI is InChI=1S/C6H6.C4H11NO/c1-2-4-6-5-3-1;1-2-5-3-4-6/h1-6H;5-6H,2-4H2,1H3. The van der Waals surface area contributed by atoms with E-state index in [9.17, 15) is 0 Å². The molecule has 0 aliphatic rings. The van der Waals surface area contributed by atoms with Crippen molar-refractivity contribution in [2.45, 2.75) is 6.92 Å². The van der Waals surface area contributed by atoms with Crippen molar-refractivity contribution in [3.63, 3.8) is 0 Å². The molecule has 0 spiro atoms. The molecule has 2 heteroatoms. The Morgan fingerprint density at radius 1 is 1.00 bits per heavy atom. The molecule has 0 aromatic heterocycles. The van der Waals surface area contributed by atoms with Crippen LogP contribution in [0.5, 0.6) is 0 Å². The van der Waals surface area contributed by atoms with Crippen LogP contribution in [0.1, 0.15) is 6.92 Å². The molecule has 0 heterocycles. The number of nitrogens with one attached hydrogen (secondary N) is 1.